The van der Waals surface area contributed by atoms with Gasteiger partial charge in [-0.2, -0.15) is 0 Å². The predicted octanol–water partition coefficient (Wildman–Crippen LogP) is 7.79. The molecule has 0 bridgehead atoms. The second-order valence-corrected chi connectivity index (χ2v) is 12.9. The first-order valence-corrected chi connectivity index (χ1v) is 15.4. The Bertz CT molecular complexity index is 1420. The summed E-state index contributed by atoms with van der Waals surface area (Å²) in [4.78, 5) is 25.3. The van der Waals surface area contributed by atoms with E-state index in [1.807, 2.05) is 109 Å². The fourth-order valence-corrected chi connectivity index (χ4v) is 6.51. The van der Waals surface area contributed by atoms with Crippen LogP contribution in [0.2, 0.25) is 0 Å². The third-order valence-corrected chi connectivity index (χ3v) is 9.93. The molecule has 2 N–H and O–H groups in total. The van der Waals surface area contributed by atoms with E-state index < -0.39 is 31.1 Å². The monoisotopic (exact) mass is 586 g/mol. The van der Waals surface area contributed by atoms with Gasteiger partial charge >= 0.3 is 12.2 Å². The van der Waals surface area contributed by atoms with Crippen LogP contribution in [0.5, 0.6) is 0 Å². The van der Waals surface area contributed by atoms with Gasteiger partial charge in [0.05, 0.1) is 0 Å². The van der Waals surface area contributed by atoms with Crippen LogP contribution in [0, 0.1) is 0 Å². The zero-order valence-corrected chi connectivity index (χ0v) is 24.8. The molecule has 0 spiro atoms. The summed E-state index contributed by atoms with van der Waals surface area (Å²) in [6.07, 6.45) is -1.51. The lowest BCUT2D eigenvalue weighted by Crippen LogP contribution is -2.41. The van der Waals surface area contributed by atoms with Gasteiger partial charge in [0.1, 0.15) is 24.8 Å². The van der Waals surface area contributed by atoms with Crippen molar-refractivity contribution in [2.24, 2.45) is 0 Å². The predicted molar refractivity (Wildman–Crippen MR) is 164 cm³/mol. The van der Waals surface area contributed by atoms with Crippen molar-refractivity contribution in [3.8, 4) is 22.3 Å². The van der Waals surface area contributed by atoms with Gasteiger partial charge in [-0.05, 0) is 47.2 Å². The molecule has 3 atom stereocenters. The summed E-state index contributed by atoms with van der Waals surface area (Å²) in [5.74, 6) is -1.90. The molecule has 0 heterocycles. The minimum atomic E-state index is -3.62. The van der Waals surface area contributed by atoms with Crippen molar-refractivity contribution in [1.82, 2.24) is 10.6 Å². The minimum Gasteiger partial charge on any atom is -0.445 e. The van der Waals surface area contributed by atoms with Crippen LogP contribution in [0.4, 0.5) is 9.59 Å². The number of ether oxygens (including phenoxy) is 2. The number of hydrogen-bond donors (Lipinski definition) is 2. The van der Waals surface area contributed by atoms with Crippen molar-refractivity contribution >= 4 is 19.6 Å². The van der Waals surface area contributed by atoms with E-state index in [9.17, 15) is 14.2 Å². The molecule has 4 aromatic carbocycles. The Labute approximate surface area is 246 Å². The van der Waals surface area contributed by atoms with Crippen molar-refractivity contribution < 1.29 is 28.2 Å². The van der Waals surface area contributed by atoms with Gasteiger partial charge in [-0.25, -0.2) is 9.59 Å². The highest BCUT2D eigenvalue weighted by molar-refractivity contribution is 7.60. The minimum absolute atomic E-state index is 0.0193. The van der Waals surface area contributed by atoms with Crippen LogP contribution in [0.15, 0.2) is 109 Å². The average Bonchev–Trinajstić information content (AvgIpc) is 3.03. The third kappa shape index (κ3) is 7.66. The van der Waals surface area contributed by atoms with Gasteiger partial charge in [0, 0.05) is 7.11 Å². The number of alkyl carbamates (subject to hydrolysis) is 2. The molecule has 2 amide bonds. The Balaban J connectivity index is 1.32. The highest BCUT2D eigenvalue weighted by atomic mass is 31.2. The molecule has 4 rings (SSSR count). The standard InChI is InChI=1S/C33H35N2O6P/c1-24(34-32(36)40-22-28-18-10-12-20-30(28)26-14-6-4-7-15-26)42(38,39-3)25(2)35-33(37)41-23-29-19-11-13-21-31(29)27-16-8-5-9-17-27/h4-21,24-25H,22-23H2,1-3H3,(H,34,36)(H,35,37)/t24-,25+,42?. The van der Waals surface area contributed by atoms with Crippen LogP contribution < -0.4 is 10.6 Å². The molecule has 0 radical (unpaired) electrons. The zero-order chi connectivity index (χ0) is 30.0. The summed E-state index contributed by atoms with van der Waals surface area (Å²) in [5, 5.41) is 5.19. The second kappa shape index (κ2) is 14.5. The molecule has 0 saturated heterocycles. The van der Waals surface area contributed by atoms with E-state index in [0.29, 0.717) is 0 Å². The molecule has 0 aliphatic rings. The van der Waals surface area contributed by atoms with E-state index in [0.717, 1.165) is 33.4 Å². The topological polar surface area (TPSA) is 103 Å². The van der Waals surface area contributed by atoms with Crippen LogP contribution in [-0.4, -0.2) is 30.9 Å². The zero-order valence-electron chi connectivity index (χ0n) is 23.9. The SMILES string of the molecule is COP(=O)([C@H](C)NC(=O)OCc1ccccc1-c1ccccc1)[C@@H](C)NC(=O)OCc1ccccc1-c1ccccc1. The fraction of sp³-hybridized carbons (Fsp3) is 0.212. The van der Waals surface area contributed by atoms with E-state index in [1.54, 1.807) is 13.8 Å². The van der Waals surface area contributed by atoms with Gasteiger partial charge < -0.3 is 24.6 Å². The van der Waals surface area contributed by atoms with Gasteiger partial charge in [0.15, 0.2) is 0 Å². The fourth-order valence-electron chi connectivity index (χ4n) is 4.63. The lowest BCUT2D eigenvalue weighted by atomic mass is 10.0. The molecule has 9 heteroatoms. The molecule has 0 aromatic heterocycles. The number of hydrogen-bond acceptors (Lipinski definition) is 6. The summed E-state index contributed by atoms with van der Waals surface area (Å²) in [6, 6.07) is 34.8. The summed E-state index contributed by atoms with van der Waals surface area (Å²) in [7, 11) is -2.34. The summed E-state index contributed by atoms with van der Waals surface area (Å²) >= 11 is 0. The first-order valence-electron chi connectivity index (χ1n) is 13.6. The van der Waals surface area contributed by atoms with Gasteiger partial charge in [-0.1, -0.05) is 109 Å². The largest absolute Gasteiger partial charge is 0.445 e. The molecule has 42 heavy (non-hydrogen) atoms. The molecule has 0 saturated carbocycles. The van der Waals surface area contributed by atoms with Gasteiger partial charge in [0.25, 0.3) is 0 Å². The molecule has 218 valence electrons. The lowest BCUT2D eigenvalue weighted by Gasteiger charge is -2.29. The second-order valence-electron chi connectivity index (χ2n) is 9.67. The maximum atomic E-state index is 13.7. The van der Waals surface area contributed by atoms with E-state index in [2.05, 4.69) is 10.6 Å². The van der Waals surface area contributed by atoms with Crippen LogP contribution in [0.1, 0.15) is 25.0 Å². The average molecular weight is 587 g/mol. The molecule has 4 aromatic rings. The van der Waals surface area contributed by atoms with E-state index in [-0.39, 0.29) is 13.2 Å². The molecule has 0 fully saturated rings. The third-order valence-electron chi connectivity index (χ3n) is 6.94. The Kier molecular flexibility index (Phi) is 10.5. The maximum Gasteiger partial charge on any atom is 0.408 e. The van der Waals surface area contributed by atoms with Crippen molar-refractivity contribution in [2.75, 3.05) is 7.11 Å². The number of rotatable bonds is 11. The summed E-state index contributed by atoms with van der Waals surface area (Å²) in [5.41, 5.74) is 5.56. The normalized spacial score (nSPS) is 13.7. The number of carbonyl (C=O) groups excluding carboxylic acids is 2. The van der Waals surface area contributed by atoms with Crippen molar-refractivity contribution in [2.45, 2.75) is 38.6 Å². The van der Waals surface area contributed by atoms with Crippen LogP contribution in [-0.2, 0) is 31.8 Å². The van der Waals surface area contributed by atoms with E-state index >= 15 is 0 Å². The number of amides is 2. The molecule has 0 aliphatic carbocycles. The van der Waals surface area contributed by atoms with Crippen LogP contribution in [0.25, 0.3) is 22.3 Å². The molecule has 8 nitrogen and oxygen atoms in total. The number of benzene rings is 4. The van der Waals surface area contributed by atoms with E-state index in [1.165, 1.54) is 7.11 Å². The Morgan fingerprint density at radius 3 is 1.36 bits per heavy atom. The Hall–Kier alpha value is -4.39. The van der Waals surface area contributed by atoms with Gasteiger partial charge in [0.2, 0.25) is 7.37 Å². The smallest absolute Gasteiger partial charge is 0.408 e. The molecular weight excluding hydrogens is 551 g/mol. The summed E-state index contributed by atoms with van der Waals surface area (Å²) < 4.78 is 30.0. The summed E-state index contributed by atoms with van der Waals surface area (Å²) in [6.45, 7) is 3.13. The first kappa shape index (κ1) is 30.6. The lowest BCUT2D eigenvalue weighted by molar-refractivity contribution is 0.137. The Morgan fingerprint density at radius 1 is 0.619 bits per heavy atom. The van der Waals surface area contributed by atoms with Gasteiger partial charge in [-0.15, -0.1) is 0 Å². The van der Waals surface area contributed by atoms with Crippen molar-refractivity contribution in [1.29, 1.82) is 0 Å². The first-order chi connectivity index (χ1) is 20.3. The molecule has 0 aliphatic heterocycles. The number of carbonyl (C=O) groups is 2. The molecule has 1 unspecified atom stereocenters. The van der Waals surface area contributed by atoms with Crippen molar-refractivity contribution in [3.63, 3.8) is 0 Å². The van der Waals surface area contributed by atoms with Crippen molar-refractivity contribution in [3.05, 3.63) is 120 Å². The van der Waals surface area contributed by atoms with Crippen LogP contribution in [0.3, 0.4) is 0 Å². The van der Waals surface area contributed by atoms with Crippen LogP contribution >= 0.6 is 7.37 Å². The maximum absolute atomic E-state index is 13.7. The van der Waals surface area contributed by atoms with E-state index in [4.69, 9.17) is 14.0 Å². The quantitative estimate of drug-likeness (QED) is 0.174. The molecular formula is C33H35N2O6P. The highest BCUT2D eigenvalue weighted by Gasteiger charge is 2.38. The number of nitrogens with one attached hydrogen (secondary N) is 2. The Morgan fingerprint density at radius 2 is 0.976 bits per heavy atom. The van der Waals surface area contributed by atoms with Gasteiger partial charge in [-0.3, -0.25) is 4.57 Å². The highest BCUT2D eigenvalue weighted by Crippen LogP contribution is 2.53.